The standard InChI is InChI=1S/C17H13F3N4O4S/c18-17(19,20)12-3-1-2-4-13(12)29(27,28)10-5-6-24(9-10)15-11(16(25)26)8-22-14(7-21)23-15/h1-4,8,10H,5-6,9H2,(H,25,26). The molecule has 1 aromatic heterocycles. The highest BCUT2D eigenvalue weighted by Crippen LogP contribution is 2.37. The van der Waals surface area contributed by atoms with Gasteiger partial charge in [0.2, 0.25) is 5.82 Å². The molecule has 1 atom stereocenters. The number of nitriles is 1. The number of hydrogen-bond donors (Lipinski definition) is 1. The van der Waals surface area contributed by atoms with Crippen molar-refractivity contribution in [3.8, 4) is 6.07 Å². The summed E-state index contributed by atoms with van der Waals surface area (Å²) in [5, 5.41) is 17.0. The highest BCUT2D eigenvalue weighted by Gasteiger charge is 2.42. The van der Waals surface area contributed by atoms with E-state index in [4.69, 9.17) is 5.26 Å². The molecule has 1 unspecified atom stereocenters. The number of alkyl halides is 3. The van der Waals surface area contributed by atoms with Crippen molar-refractivity contribution in [1.82, 2.24) is 9.97 Å². The molecule has 0 spiro atoms. The minimum atomic E-state index is -4.84. The first kappa shape index (κ1) is 20.5. The van der Waals surface area contributed by atoms with Gasteiger partial charge in [0.15, 0.2) is 9.84 Å². The molecule has 29 heavy (non-hydrogen) atoms. The van der Waals surface area contributed by atoms with E-state index in [9.17, 15) is 31.5 Å². The summed E-state index contributed by atoms with van der Waals surface area (Å²) in [5.41, 5.74) is -1.59. The van der Waals surface area contributed by atoms with Crippen molar-refractivity contribution in [2.24, 2.45) is 0 Å². The summed E-state index contributed by atoms with van der Waals surface area (Å²) in [6.45, 7) is -0.225. The predicted octanol–water partition coefficient (Wildman–Crippen LogP) is 2.12. The number of rotatable bonds is 4. The number of anilines is 1. The van der Waals surface area contributed by atoms with Crippen molar-refractivity contribution in [1.29, 1.82) is 5.26 Å². The second-order valence-corrected chi connectivity index (χ2v) is 8.44. The maximum absolute atomic E-state index is 13.2. The zero-order chi connectivity index (χ0) is 21.4. The molecule has 1 fully saturated rings. The fraction of sp³-hybridized carbons (Fsp3) is 0.294. The van der Waals surface area contributed by atoms with E-state index < -0.39 is 37.7 Å². The van der Waals surface area contributed by atoms with Gasteiger partial charge in [-0.25, -0.2) is 23.2 Å². The zero-order valence-corrected chi connectivity index (χ0v) is 15.4. The van der Waals surface area contributed by atoms with Gasteiger partial charge in [0.1, 0.15) is 17.5 Å². The maximum atomic E-state index is 13.2. The van der Waals surface area contributed by atoms with Crippen LogP contribution in [0, 0.1) is 11.3 Å². The van der Waals surface area contributed by atoms with Gasteiger partial charge in [-0.05, 0) is 18.6 Å². The Morgan fingerprint density at radius 2 is 2.00 bits per heavy atom. The molecule has 0 aliphatic carbocycles. The number of aromatic carboxylic acids is 1. The Labute approximate surface area is 163 Å². The molecule has 1 aromatic carbocycles. The van der Waals surface area contributed by atoms with E-state index in [1.54, 1.807) is 6.07 Å². The summed E-state index contributed by atoms with van der Waals surface area (Å²) >= 11 is 0. The monoisotopic (exact) mass is 426 g/mol. The molecule has 12 heteroatoms. The van der Waals surface area contributed by atoms with Gasteiger partial charge in [-0.3, -0.25) is 0 Å². The molecule has 2 aromatic rings. The Morgan fingerprint density at radius 3 is 2.62 bits per heavy atom. The first-order valence-corrected chi connectivity index (χ1v) is 9.76. The van der Waals surface area contributed by atoms with Crippen LogP contribution in [0.1, 0.15) is 28.2 Å². The minimum absolute atomic E-state index is 0.0283. The SMILES string of the molecule is N#Cc1ncc(C(=O)O)c(N2CCC(S(=O)(=O)c3ccccc3C(F)(F)F)C2)n1. The third-order valence-electron chi connectivity index (χ3n) is 4.48. The number of aromatic nitrogens is 2. The van der Waals surface area contributed by atoms with E-state index >= 15 is 0 Å². The van der Waals surface area contributed by atoms with E-state index in [0.29, 0.717) is 6.07 Å². The van der Waals surface area contributed by atoms with Crippen molar-refractivity contribution < 1.29 is 31.5 Å². The molecule has 0 saturated carbocycles. The van der Waals surface area contributed by atoms with Crippen LogP contribution in [0.25, 0.3) is 0 Å². The summed E-state index contributed by atoms with van der Waals surface area (Å²) in [6, 6.07) is 5.58. The number of hydrogen-bond acceptors (Lipinski definition) is 7. The molecule has 1 aliphatic heterocycles. The molecule has 1 aliphatic rings. The molecule has 0 radical (unpaired) electrons. The molecule has 3 rings (SSSR count). The summed E-state index contributed by atoms with van der Waals surface area (Å²) in [6.07, 6.45) is -3.93. The number of halogens is 3. The number of sulfone groups is 1. The first-order valence-electron chi connectivity index (χ1n) is 8.21. The third-order valence-corrected chi connectivity index (χ3v) is 6.71. The Morgan fingerprint density at radius 1 is 1.31 bits per heavy atom. The van der Waals surface area contributed by atoms with Crippen molar-refractivity contribution in [2.75, 3.05) is 18.0 Å². The van der Waals surface area contributed by atoms with E-state index in [1.165, 1.54) is 11.0 Å². The Bertz CT molecular complexity index is 1110. The van der Waals surface area contributed by atoms with Crippen LogP contribution in [0.2, 0.25) is 0 Å². The van der Waals surface area contributed by atoms with E-state index in [2.05, 4.69) is 9.97 Å². The normalized spacial score (nSPS) is 17.2. The molecule has 8 nitrogen and oxygen atoms in total. The molecule has 2 heterocycles. The van der Waals surface area contributed by atoms with Crippen LogP contribution < -0.4 is 4.90 Å². The summed E-state index contributed by atoms with van der Waals surface area (Å²) in [7, 11) is -4.36. The van der Waals surface area contributed by atoms with Crippen molar-refractivity contribution in [2.45, 2.75) is 22.7 Å². The van der Waals surface area contributed by atoms with Crippen LogP contribution in [-0.2, 0) is 16.0 Å². The van der Waals surface area contributed by atoms with E-state index in [0.717, 1.165) is 18.3 Å². The lowest BCUT2D eigenvalue weighted by Crippen LogP contribution is -2.30. The summed E-state index contributed by atoms with van der Waals surface area (Å²) in [4.78, 5) is 19.3. The predicted molar refractivity (Wildman–Crippen MR) is 93.0 cm³/mol. The Balaban J connectivity index is 1.97. The second-order valence-electron chi connectivity index (χ2n) is 6.24. The van der Waals surface area contributed by atoms with Crippen molar-refractivity contribution in [3.63, 3.8) is 0 Å². The molecular formula is C17H13F3N4O4S. The minimum Gasteiger partial charge on any atom is -0.477 e. The lowest BCUT2D eigenvalue weighted by Gasteiger charge is -2.20. The zero-order valence-electron chi connectivity index (χ0n) is 14.6. The van der Waals surface area contributed by atoms with Crippen LogP contribution in [0.15, 0.2) is 35.4 Å². The number of nitrogens with zero attached hydrogens (tertiary/aromatic N) is 4. The molecule has 0 bridgehead atoms. The first-order chi connectivity index (χ1) is 13.6. The van der Waals surface area contributed by atoms with Gasteiger partial charge in [0.25, 0.3) is 0 Å². The molecular weight excluding hydrogens is 413 g/mol. The van der Waals surface area contributed by atoms with Crippen molar-refractivity contribution in [3.05, 3.63) is 47.4 Å². The topological polar surface area (TPSA) is 124 Å². The highest BCUT2D eigenvalue weighted by atomic mass is 32.2. The van der Waals surface area contributed by atoms with Crippen LogP contribution in [0.3, 0.4) is 0 Å². The highest BCUT2D eigenvalue weighted by molar-refractivity contribution is 7.92. The van der Waals surface area contributed by atoms with Gasteiger partial charge >= 0.3 is 12.1 Å². The second kappa shape index (κ2) is 7.32. The average molecular weight is 426 g/mol. The molecule has 1 N–H and O–H groups in total. The Kier molecular flexibility index (Phi) is 5.18. The average Bonchev–Trinajstić information content (AvgIpc) is 3.17. The maximum Gasteiger partial charge on any atom is 0.417 e. The molecule has 152 valence electrons. The van der Waals surface area contributed by atoms with E-state index in [1.807, 2.05) is 0 Å². The number of benzene rings is 1. The van der Waals surface area contributed by atoms with Crippen LogP contribution in [0.4, 0.5) is 19.0 Å². The van der Waals surface area contributed by atoms with Gasteiger partial charge in [0.05, 0.1) is 15.7 Å². The fourth-order valence-corrected chi connectivity index (χ4v) is 5.03. The van der Waals surface area contributed by atoms with Crippen LogP contribution in [0.5, 0.6) is 0 Å². The van der Waals surface area contributed by atoms with Gasteiger partial charge in [-0.15, -0.1) is 0 Å². The number of carbonyl (C=O) groups is 1. The quantitative estimate of drug-likeness (QED) is 0.788. The number of carboxylic acids is 1. The third kappa shape index (κ3) is 3.86. The molecule has 1 saturated heterocycles. The summed E-state index contributed by atoms with van der Waals surface area (Å²) in [5.74, 6) is -1.83. The van der Waals surface area contributed by atoms with Gasteiger partial charge < -0.3 is 10.0 Å². The van der Waals surface area contributed by atoms with E-state index in [-0.39, 0.29) is 36.7 Å². The fourth-order valence-electron chi connectivity index (χ4n) is 3.12. The van der Waals surface area contributed by atoms with Crippen LogP contribution in [-0.4, -0.2) is 47.8 Å². The lowest BCUT2D eigenvalue weighted by molar-refractivity contribution is -0.139. The van der Waals surface area contributed by atoms with Gasteiger partial charge in [0, 0.05) is 19.3 Å². The lowest BCUT2D eigenvalue weighted by atomic mass is 10.2. The largest absolute Gasteiger partial charge is 0.477 e. The number of carboxylic acid groups (broad SMARTS) is 1. The summed E-state index contributed by atoms with van der Waals surface area (Å²) < 4.78 is 65.5. The van der Waals surface area contributed by atoms with Gasteiger partial charge in [-0.1, -0.05) is 12.1 Å². The smallest absolute Gasteiger partial charge is 0.417 e. The van der Waals surface area contributed by atoms with Crippen molar-refractivity contribution >= 4 is 21.6 Å². The molecule has 0 amide bonds. The van der Waals surface area contributed by atoms with Gasteiger partial charge in [-0.2, -0.15) is 18.4 Å². The van der Waals surface area contributed by atoms with Crippen LogP contribution >= 0.6 is 0 Å². The Hall–Kier alpha value is -3.20.